The van der Waals surface area contributed by atoms with Gasteiger partial charge in [-0.15, -0.1) is 11.3 Å². The van der Waals surface area contributed by atoms with Crippen molar-refractivity contribution >= 4 is 11.3 Å². The van der Waals surface area contributed by atoms with E-state index in [2.05, 4.69) is 0 Å². The number of ether oxygens (including phenoxy) is 1. The van der Waals surface area contributed by atoms with E-state index < -0.39 is 6.10 Å². The molecule has 2 nitrogen and oxygen atoms in total. The third-order valence-electron chi connectivity index (χ3n) is 2.37. The van der Waals surface area contributed by atoms with Crippen molar-refractivity contribution in [1.29, 1.82) is 0 Å². The summed E-state index contributed by atoms with van der Waals surface area (Å²) in [6, 6.07) is 8.09. The fourth-order valence-electron chi connectivity index (χ4n) is 1.52. The molecule has 0 fully saturated rings. The second-order valence-corrected chi connectivity index (χ2v) is 4.76. The molecule has 0 amide bonds. The maximum atomic E-state index is 13.1. The largest absolute Gasteiger partial charge is 0.488 e. The van der Waals surface area contributed by atoms with Crippen LogP contribution in [0.2, 0.25) is 0 Å². The first-order valence-corrected chi connectivity index (χ1v) is 6.17. The average molecular weight is 252 g/mol. The van der Waals surface area contributed by atoms with Crippen LogP contribution in [-0.2, 0) is 6.61 Å². The summed E-state index contributed by atoms with van der Waals surface area (Å²) in [4.78, 5) is 1.09. The lowest BCUT2D eigenvalue weighted by Crippen LogP contribution is -2.00. The summed E-state index contributed by atoms with van der Waals surface area (Å²) in [5, 5.41) is 11.5. The maximum absolute atomic E-state index is 13.1. The number of hydrogen-bond donors (Lipinski definition) is 1. The zero-order chi connectivity index (χ0) is 12.3. The highest BCUT2D eigenvalue weighted by Crippen LogP contribution is 2.27. The van der Waals surface area contributed by atoms with Crippen LogP contribution in [0, 0.1) is 5.82 Å². The van der Waals surface area contributed by atoms with Gasteiger partial charge < -0.3 is 9.84 Å². The van der Waals surface area contributed by atoms with Crippen LogP contribution < -0.4 is 4.74 Å². The van der Waals surface area contributed by atoms with E-state index in [9.17, 15) is 9.50 Å². The summed E-state index contributed by atoms with van der Waals surface area (Å²) in [6.45, 7) is 2.02. The molecule has 1 atom stereocenters. The number of thiophene rings is 1. The predicted octanol–water partition coefficient (Wildman–Crippen LogP) is 3.52. The van der Waals surface area contributed by atoms with Gasteiger partial charge in [-0.1, -0.05) is 6.07 Å². The van der Waals surface area contributed by atoms with Crippen molar-refractivity contribution in [3.8, 4) is 5.75 Å². The Morgan fingerprint density at radius 3 is 2.88 bits per heavy atom. The van der Waals surface area contributed by atoms with Crippen molar-refractivity contribution in [1.82, 2.24) is 0 Å². The Morgan fingerprint density at radius 2 is 2.24 bits per heavy atom. The van der Waals surface area contributed by atoms with E-state index in [0.29, 0.717) is 17.9 Å². The van der Waals surface area contributed by atoms with Crippen molar-refractivity contribution in [3.63, 3.8) is 0 Å². The molecule has 0 bridgehead atoms. The first-order valence-electron chi connectivity index (χ1n) is 5.29. The quantitative estimate of drug-likeness (QED) is 0.902. The lowest BCUT2D eigenvalue weighted by atomic mass is 10.1. The Balaban J connectivity index is 2.14. The van der Waals surface area contributed by atoms with E-state index >= 15 is 0 Å². The molecule has 1 heterocycles. The zero-order valence-electron chi connectivity index (χ0n) is 9.39. The van der Waals surface area contributed by atoms with E-state index in [-0.39, 0.29) is 5.82 Å². The number of benzene rings is 1. The van der Waals surface area contributed by atoms with E-state index in [0.717, 1.165) is 4.88 Å². The molecule has 0 aliphatic heterocycles. The molecule has 4 heteroatoms. The first-order chi connectivity index (χ1) is 8.16. The molecule has 17 heavy (non-hydrogen) atoms. The molecular formula is C13H13FO2S. The van der Waals surface area contributed by atoms with E-state index in [1.54, 1.807) is 24.3 Å². The Kier molecular flexibility index (Phi) is 3.76. The van der Waals surface area contributed by atoms with Crippen LogP contribution in [0.25, 0.3) is 0 Å². The number of aliphatic hydroxyl groups is 1. The van der Waals surface area contributed by atoms with Crippen LogP contribution in [0.15, 0.2) is 35.7 Å². The van der Waals surface area contributed by atoms with Crippen LogP contribution in [0.4, 0.5) is 4.39 Å². The number of halogens is 1. The second-order valence-electron chi connectivity index (χ2n) is 3.73. The van der Waals surface area contributed by atoms with Gasteiger partial charge in [-0.05, 0) is 36.6 Å². The van der Waals surface area contributed by atoms with Gasteiger partial charge >= 0.3 is 0 Å². The number of aliphatic hydroxyl groups excluding tert-OH is 1. The molecule has 2 rings (SSSR count). The van der Waals surface area contributed by atoms with Crippen molar-refractivity contribution in [2.75, 3.05) is 0 Å². The Bertz CT molecular complexity index is 480. The predicted molar refractivity (Wildman–Crippen MR) is 65.7 cm³/mol. The molecule has 2 aromatic rings. The van der Waals surface area contributed by atoms with Crippen molar-refractivity contribution < 1.29 is 14.2 Å². The Hall–Kier alpha value is -1.39. The molecule has 0 aliphatic carbocycles. The molecule has 1 N–H and O–H groups in total. The average Bonchev–Trinajstić information content (AvgIpc) is 2.80. The summed E-state index contributed by atoms with van der Waals surface area (Å²) in [6.07, 6.45) is -0.746. The molecule has 1 aromatic heterocycles. The minimum absolute atomic E-state index is 0.371. The standard InChI is InChI=1S/C13H13FO2S/c1-9(15)12-7-10(14)4-5-13(12)16-8-11-3-2-6-17-11/h2-7,9,15H,8H2,1H3/t9-/m1/s1. The Labute approximate surface area is 103 Å². The van der Waals surface area contributed by atoms with Gasteiger partial charge in [0.2, 0.25) is 0 Å². The number of hydrogen-bond acceptors (Lipinski definition) is 3. The van der Waals surface area contributed by atoms with Crippen molar-refractivity contribution in [3.05, 3.63) is 52.0 Å². The Morgan fingerprint density at radius 1 is 1.41 bits per heavy atom. The molecule has 90 valence electrons. The molecule has 0 unspecified atom stereocenters. The maximum Gasteiger partial charge on any atom is 0.125 e. The molecule has 0 aliphatic rings. The third-order valence-corrected chi connectivity index (χ3v) is 3.22. The van der Waals surface area contributed by atoms with Gasteiger partial charge in [0.15, 0.2) is 0 Å². The summed E-state index contributed by atoms with van der Waals surface area (Å²) in [5.41, 5.74) is 0.474. The van der Waals surface area contributed by atoms with Crippen molar-refractivity contribution in [2.45, 2.75) is 19.6 Å². The van der Waals surface area contributed by atoms with Gasteiger partial charge in [-0.3, -0.25) is 0 Å². The summed E-state index contributed by atoms with van der Waals surface area (Å²) >= 11 is 1.60. The topological polar surface area (TPSA) is 29.5 Å². The molecule has 1 aromatic carbocycles. The SMILES string of the molecule is C[C@@H](O)c1cc(F)ccc1OCc1cccs1. The van der Waals surface area contributed by atoms with E-state index in [1.807, 2.05) is 17.5 Å². The lowest BCUT2D eigenvalue weighted by molar-refractivity contribution is 0.189. The molecule has 0 saturated heterocycles. The minimum atomic E-state index is -0.746. The minimum Gasteiger partial charge on any atom is -0.488 e. The van der Waals surface area contributed by atoms with E-state index in [4.69, 9.17) is 4.74 Å². The molecule has 0 radical (unpaired) electrons. The smallest absolute Gasteiger partial charge is 0.125 e. The van der Waals surface area contributed by atoms with Gasteiger partial charge in [0, 0.05) is 10.4 Å². The fraction of sp³-hybridized carbons (Fsp3) is 0.231. The summed E-state index contributed by atoms with van der Waals surface area (Å²) in [5.74, 6) is 0.152. The highest BCUT2D eigenvalue weighted by molar-refractivity contribution is 7.09. The monoisotopic (exact) mass is 252 g/mol. The third kappa shape index (κ3) is 3.05. The van der Waals surface area contributed by atoms with Gasteiger partial charge in [0.05, 0.1) is 6.10 Å². The fourth-order valence-corrected chi connectivity index (χ4v) is 2.14. The highest BCUT2D eigenvalue weighted by Gasteiger charge is 2.10. The summed E-state index contributed by atoms with van der Waals surface area (Å²) < 4.78 is 18.6. The first kappa shape index (κ1) is 12.1. The van der Waals surface area contributed by atoms with Gasteiger partial charge in [0.1, 0.15) is 18.2 Å². The van der Waals surface area contributed by atoms with Crippen LogP contribution in [0.5, 0.6) is 5.75 Å². The molecular weight excluding hydrogens is 239 g/mol. The summed E-state index contributed by atoms with van der Waals surface area (Å²) in [7, 11) is 0. The number of rotatable bonds is 4. The van der Waals surface area contributed by atoms with Gasteiger partial charge in [-0.2, -0.15) is 0 Å². The highest BCUT2D eigenvalue weighted by atomic mass is 32.1. The second kappa shape index (κ2) is 5.29. The van der Waals surface area contributed by atoms with Crippen LogP contribution in [0.3, 0.4) is 0 Å². The van der Waals surface area contributed by atoms with Crippen LogP contribution in [-0.4, -0.2) is 5.11 Å². The zero-order valence-corrected chi connectivity index (χ0v) is 10.2. The van der Waals surface area contributed by atoms with Crippen LogP contribution in [0.1, 0.15) is 23.5 Å². The van der Waals surface area contributed by atoms with Crippen molar-refractivity contribution in [2.24, 2.45) is 0 Å². The van der Waals surface area contributed by atoms with Gasteiger partial charge in [0.25, 0.3) is 0 Å². The molecule has 0 saturated carbocycles. The normalized spacial score (nSPS) is 12.4. The van der Waals surface area contributed by atoms with Gasteiger partial charge in [-0.25, -0.2) is 4.39 Å². The van der Waals surface area contributed by atoms with E-state index in [1.165, 1.54) is 12.1 Å². The lowest BCUT2D eigenvalue weighted by Gasteiger charge is -2.12. The van der Waals surface area contributed by atoms with Crippen LogP contribution >= 0.6 is 11.3 Å². The molecule has 0 spiro atoms.